The third-order valence-electron chi connectivity index (χ3n) is 4.42. The average Bonchev–Trinajstić information content (AvgIpc) is 2.95. The topological polar surface area (TPSA) is 74.1 Å². The number of hydrogen-bond acceptors (Lipinski definition) is 5. The van der Waals surface area contributed by atoms with E-state index in [1.165, 1.54) is 22.7 Å². The number of imide groups is 1. The van der Waals surface area contributed by atoms with Crippen LogP contribution in [0, 0.1) is 5.82 Å². The molecular formula is C19H15FN4O2S. The SMILES string of the molecule is CC(C1=NNC(=Nc2ccccc2F)SC1)N1C(=O)c2ccccc2C1=O. The minimum atomic E-state index is -0.493. The first-order valence-electron chi connectivity index (χ1n) is 8.31. The lowest BCUT2D eigenvalue weighted by atomic mass is 10.1. The Morgan fingerprint density at radius 1 is 1.11 bits per heavy atom. The maximum absolute atomic E-state index is 13.7. The molecule has 1 unspecified atom stereocenters. The van der Waals surface area contributed by atoms with Crippen LogP contribution < -0.4 is 5.43 Å². The Bertz CT molecular complexity index is 970. The molecule has 2 aromatic rings. The first-order valence-corrected chi connectivity index (χ1v) is 9.30. The van der Waals surface area contributed by atoms with Crippen LogP contribution in [0.3, 0.4) is 0 Å². The molecule has 1 N–H and O–H groups in total. The number of hydrogen-bond donors (Lipinski definition) is 1. The fourth-order valence-electron chi connectivity index (χ4n) is 2.96. The number of thioether (sulfide) groups is 1. The van der Waals surface area contributed by atoms with Crippen molar-refractivity contribution in [3.8, 4) is 0 Å². The van der Waals surface area contributed by atoms with Crippen LogP contribution in [0.15, 0.2) is 58.6 Å². The molecule has 8 heteroatoms. The zero-order valence-electron chi connectivity index (χ0n) is 14.3. The van der Waals surface area contributed by atoms with E-state index in [0.717, 1.165) is 0 Å². The number of aliphatic imine (C=N–C) groups is 1. The highest BCUT2D eigenvalue weighted by Gasteiger charge is 2.40. The van der Waals surface area contributed by atoms with Gasteiger partial charge in [-0.1, -0.05) is 36.0 Å². The van der Waals surface area contributed by atoms with Crippen molar-refractivity contribution in [2.24, 2.45) is 10.1 Å². The normalized spacial score (nSPS) is 19.0. The van der Waals surface area contributed by atoms with Gasteiger partial charge >= 0.3 is 0 Å². The molecule has 27 heavy (non-hydrogen) atoms. The number of amidine groups is 1. The van der Waals surface area contributed by atoms with Gasteiger partial charge in [0.15, 0.2) is 5.17 Å². The van der Waals surface area contributed by atoms with Gasteiger partial charge in [0, 0.05) is 5.75 Å². The molecule has 0 saturated heterocycles. The lowest BCUT2D eigenvalue weighted by Crippen LogP contribution is -2.45. The monoisotopic (exact) mass is 382 g/mol. The van der Waals surface area contributed by atoms with Crippen molar-refractivity contribution < 1.29 is 14.0 Å². The number of nitrogens with one attached hydrogen (secondary N) is 1. The van der Waals surface area contributed by atoms with Crippen molar-refractivity contribution in [3.05, 3.63) is 65.5 Å². The number of halogens is 1. The van der Waals surface area contributed by atoms with Gasteiger partial charge in [-0.05, 0) is 31.2 Å². The quantitative estimate of drug-likeness (QED) is 0.828. The molecular weight excluding hydrogens is 367 g/mol. The van der Waals surface area contributed by atoms with Crippen molar-refractivity contribution in [2.75, 3.05) is 5.75 Å². The maximum Gasteiger partial charge on any atom is 0.262 e. The molecule has 0 aliphatic carbocycles. The number of hydrazone groups is 1. The third-order valence-corrected chi connectivity index (χ3v) is 5.32. The number of para-hydroxylation sites is 1. The smallest absolute Gasteiger partial charge is 0.262 e. The second-order valence-corrected chi connectivity index (χ2v) is 7.04. The predicted molar refractivity (Wildman–Crippen MR) is 103 cm³/mol. The second-order valence-electron chi connectivity index (χ2n) is 6.07. The van der Waals surface area contributed by atoms with E-state index in [1.807, 2.05) is 0 Å². The predicted octanol–water partition coefficient (Wildman–Crippen LogP) is 3.19. The summed E-state index contributed by atoms with van der Waals surface area (Å²) in [6.07, 6.45) is 0. The van der Waals surface area contributed by atoms with E-state index < -0.39 is 11.9 Å². The Hall–Kier alpha value is -3.00. The zero-order chi connectivity index (χ0) is 19.0. The lowest BCUT2D eigenvalue weighted by Gasteiger charge is -2.26. The second kappa shape index (κ2) is 6.96. The van der Waals surface area contributed by atoms with Crippen LogP contribution in [-0.4, -0.2) is 39.4 Å². The molecule has 1 atom stereocenters. The molecule has 0 aromatic heterocycles. The van der Waals surface area contributed by atoms with Crippen LogP contribution >= 0.6 is 11.8 Å². The van der Waals surface area contributed by atoms with Crippen molar-refractivity contribution >= 4 is 40.1 Å². The molecule has 0 fully saturated rings. The van der Waals surface area contributed by atoms with Gasteiger partial charge < -0.3 is 0 Å². The molecule has 4 rings (SSSR count). The van der Waals surface area contributed by atoms with Gasteiger partial charge in [-0.15, -0.1) is 0 Å². The van der Waals surface area contributed by atoms with Gasteiger partial charge in [-0.25, -0.2) is 9.38 Å². The molecule has 2 aromatic carbocycles. The van der Waals surface area contributed by atoms with Gasteiger partial charge in [0.2, 0.25) is 0 Å². The van der Waals surface area contributed by atoms with Gasteiger partial charge in [0.1, 0.15) is 11.5 Å². The number of benzene rings is 2. The van der Waals surface area contributed by atoms with Gasteiger partial charge in [-0.3, -0.25) is 19.9 Å². The van der Waals surface area contributed by atoms with Crippen LogP contribution in [0.5, 0.6) is 0 Å². The van der Waals surface area contributed by atoms with E-state index in [2.05, 4.69) is 15.5 Å². The van der Waals surface area contributed by atoms with Crippen LogP contribution in [0.1, 0.15) is 27.6 Å². The summed E-state index contributed by atoms with van der Waals surface area (Å²) >= 11 is 1.34. The largest absolute Gasteiger partial charge is 0.269 e. The van der Waals surface area contributed by atoms with Crippen molar-refractivity contribution in [3.63, 3.8) is 0 Å². The minimum absolute atomic E-state index is 0.222. The molecule has 2 aliphatic heterocycles. The van der Waals surface area contributed by atoms with E-state index in [0.29, 0.717) is 27.8 Å². The van der Waals surface area contributed by atoms with Crippen molar-refractivity contribution in [1.29, 1.82) is 0 Å². The first-order chi connectivity index (χ1) is 13.1. The molecule has 0 bridgehead atoms. The van der Waals surface area contributed by atoms with Crippen LogP contribution in [0.2, 0.25) is 0 Å². The third kappa shape index (κ3) is 3.12. The Morgan fingerprint density at radius 2 is 1.74 bits per heavy atom. The lowest BCUT2D eigenvalue weighted by molar-refractivity contribution is 0.0634. The molecule has 0 spiro atoms. The van der Waals surface area contributed by atoms with E-state index in [4.69, 9.17) is 0 Å². The Labute approximate surface area is 159 Å². The number of rotatable bonds is 3. The Morgan fingerprint density at radius 3 is 2.33 bits per heavy atom. The van der Waals surface area contributed by atoms with Gasteiger partial charge in [-0.2, -0.15) is 5.10 Å². The summed E-state index contributed by atoms with van der Waals surface area (Å²) in [6.45, 7) is 1.77. The highest BCUT2D eigenvalue weighted by atomic mass is 32.2. The number of fused-ring (bicyclic) bond motifs is 1. The van der Waals surface area contributed by atoms with E-state index in [-0.39, 0.29) is 17.5 Å². The fraction of sp³-hybridized carbons (Fsp3) is 0.158. The average molecular weight is 382 g/mol. The fourth-order valence-corrected chi connectivity index (χ4v) is 3.82. The highest BCUT2D eigenvalue weighted by molar-refractivity contribution is 8.14. The summed E-state index contributed by atoms with van der Waals surface area (Å²) in [5.41, 5.74) is 4.47. The molecule has 2 heterocycles. The first kappa shape index (κ1) is 17.4. The molecule has 0 saturated carbocycles. The minimum Gasteiger partial charge on any atom is -0.269 e. The zero-order valence-corrected chi connectivity index (χ0v) is 15.2. The molecule has 6 nitrogen and oxygen atoms in total. The maximum atomic E-state index is 13.7. The summed E-state index contributed by atoms with van der Waals surface area (Å²) in [5.74, 6) is -0.612. The van der Waals surface area contributed by atoms with Gasteiger partial charge in [0.25, 0.3) is 11.8 Å². The van der Waals surface area contributed by atoms with Crippen molar-refractivity contribution in [2.45, 2.75) is 13.0 Å². The number of amides is 2. The summed E-state index contributed by atoms with van der Waals surface area (Å²) in [7, 11) is 0. The van der Waals surface area contributed by atoms with E-state index >= 15 is 0 Å². The number of nitrogens with zero attached hydrogens (tertiary/aromatic N) is 3. The number of carbonyl (C=O) groups is 2. The van der Waals surface area contributed by atoms with E-state index in [9.17, 15) is 14.0 Å². The van der Waals surface area contributed by atoms with Crippen molar-refractivity contribution in [1.82, 2.24) is 10.3 Å². The Balaban J connectivity index is 1.53. The summed E-state index contributed by atoms with van der Waals surface area (Å²) < 4.78 is 13.7. The molecule has 136 valence electrons. The molecule has 0 radical (unpaired) electrons. The Kier molecular flexibility index (Phi) is 4.49. The standard InChI is InChI=1S/C19H15FN4O2S/c1-11(24-17(25)12-6-2-3-7-13(12)18(24)26)16-10-27-19(23-22-16)21-15-9-5-4-8-14(15)20/h2-9,11H,10H2,1H3,(H,21,23). The summed E-state index contributed by atoms with van der Waals surface area (Å²) in [5, 5.41) is 4.72. The molecule has 2 aliphatic rings. The van der Waals surface area contributed by atoms with Crippen LogP contribution in [-0.2, 0) is 0 Å². The highest BCUT2D eigenvalue weighted by Crippen LogP contribution is 2.26. The summed E-state index contributed by atoms with van der Waals surface area (Å²) in [4.78, 5) is 30.6. The number of carbonyl (C=O) groups excluding carboxylic acids is 2. The van der Waals surface area contributed by atoms with E-state index in [1.54, 1.807) is 49.4 Å². The molecule has 2 amide bonds. The van der Waals surface area contributed by atoms with Crippen LogP contribution in [0.25, 0.3) is 0 Å². The van der Waals surface area contributed by atoms with Crippen LogP contribution in [0.4, 0.5) is 10.1 Å². The summed E-state index contributed by atoms with van der Waals surface area (Å²) in [6, 6.07) is 12.5. The van der Waals surface area contributed by atoms with Gasteiger partial charge in [0.05, 0.1) is 22.9 Å².